The van der Waals surface area contributed by atoms with Crippen LogP contribution in [0.15, 0.2) is 21.5 Å². The summed E-state index contributed by atoms with van der Waals surface area (Å²) in [6.07, 6.45) is 0. The van der Waals surface area contributed by atoms with E-state index >= 15 is 0 Å². The van der Waals surface area contributed by atoms with Gasteiger partial charge >= 0.3 is 0 Å². The molecule has 7 heteroatoms. The third kappa shape index (κ3) is 2.19. The Morgan fingerprint density at radius 3 is 2.38 bits per heavy atom. The fourth-order valence-corrected chi connectivity index (χ4v) is 3.07. The number of benzene rings is 1. The Bertz CT molecular complexity index is 448. The van der Waals surface area contributed by atoms with Crippen LogP contribution in [0.4, 0.5) is 4.39 Å². The predicted octanol–water partition coefficient (Wildman–Crippen LogP) is 1.89. The zero-order chi connectivity index (χ0) is 10.2. The number of nitrogens with two attached hydrogens (primary N) is 1. The average Bonchev–Trinajstić information content (AvgIpc) is 1.95. The monoisotopic (exact) mass is 287 g/mol. The molecular weight excluding hydrogens is 284 g/mol. The molecule has 1 rings (SSSR count). The van der Waals surface area contributed by atoms with Gasteiger partial charge in [0.25, 0.3) is 0 Å². The Morgan fingerprint density at radius 1 is 1.46 bits per heavy atom. The highest BCUT2D eigenvalue weighted by Crippen LogP contribution is 2.30. The first kappa shape index (κ1) is 10.9. The van der Waals surface area contributed by atoms with Crippen molar-refractivity contribution in [3.05, 3.63) is 27.4 Å². The average molecular weight is 289 g/mol. The maximum Gasteiger partial charge on any atom is 0.240 e. The number of hydrogen-bond donors (Lipinski definition) is 1. The Kier molecular flexibility index (Phi) is 2.96. The molecule has 0 aromatic heterocycles. The van der Waals surface area contributed by atoms with E-state index in [9.17, 15) is 12.8 Å². The second-order valence-corrected chi connectivity index (χ2v) is 4.95. The molecule has 0 radical (unpaired) electrons. The molecule has 0 saturated carbocycles. The second kappa shape index (κ2) is 3.53. The minimum absolute atomic E-state index is 0.140. The van der Waals surface area contributed by atoms with Gasteiger partial charge in [0.2, 0.25) is 10.0 Å². The molecule has 13 heavy (non-hydrogen) atoms. The molecule has 0 saturated heterocycles. The highest BCUT2D eigenvalue weighted by molar-refractivity contribution is 9.10. The Labute approximate surface area is 87.9 Å². The number of hydrogen-bond acceptors (Lipinski definition) is 2. The van der Waals surface area contributed by atoms with Gasteiger partial charge in [-0.2, -0.15) is 0 Å². The Morgan fingerprint density at radius 2 is 2.00 bits per heavy atom. The molecule has 1 aromatic rings. The van der Waals surface area contributed by atoms with E-state index in [1.807, 2.05) is 0 Å². The van der Waals surface area contributed by atoms with Crippen LogP contribution in [0, 0.1) is 5.82 Å². The van der Waals surface area contributed by atoms with E-state index < -0.39 is 25.8 Å². The van der Waals surface area contributed by atoms with Gasteiger partial charge in [-0.05, 0) is 28.1 Å². The summed E-state index contributed by atoms with van der Waals surface area (Å²) < 4.78 is 34.8. The quantitative estimate of drug-likeness (QED) is 0.802. The van der Waals surface area contributed by atoms with Crippen LogP contribution in [0.2, 0.25) is 5.02 Å². The normalized spacial score (nSPS) is 11.7. The molecule has 1 aromatic carbocycles. The lowest BCUT2D eigenvalue weighted by molar-refractivity contribution is 0.591. The molecule has 2 N–H and O–H groups in total. The van der Waals surface area contributed by atoms with Crippen molar-refractivity contribution < 1.29 is 12.8 Å². The molecule has 0 atom stereocenters. The molecule has 0 unspecified atom stereocenters. The molecule has 0 fully saturated rings. The standard InChI is InChI=1S/C6H4BrClFNO2S/c7-3-1-2-4(9)5(8)6(3)13(10,11)12/h1-2H,(H2,10,11,12). The van der Waals surface area contributed by atoms with Crippen LogP contribution in [0.25, 0.3) is 0 Å². The summed E-state index contributed by atoms with van der Waals surface area (Å²) in [5.74, 6) is -0.825. The van der Waals surface area contributed by atoms with E-state index in [0.29, 0.717) is 0 Å². The Balaban J connectivity index is 3.62. The van der Waals surface area contributed by atoms with Crippen LogP contribution >= 0.6 is 27.5 Å². The van der Waals surface area contributed by atoms with Crippen LogP contribution < -0.4 is 5.14 Å². The first-order valence-corrected chi connectivity index (χ1v) is 5.72. The van der Waals surface area contributed by atoms with E-state index in [2.05, 4.69) is 15.9 Å². The van der Waals surface area contributed by atoms with Gasteiger partial charge in [-0.1, -0.05) is 11.6 Å². The topological polar surface area (TPSA) is 60.2 Å². The lowest BCUT2D eigenvalue weighted by Gasteiger charge is -2.04. The lowest BCUT2D eigenvalue weighted by atomic mass is 10.3. The minimum Gasteiger partial charge on any atom is -0.225 e. The van der Waals surface area contributed by atoms with Crippen LogP contribution in [0.5, 0.6) is 0 Å². The molecule has 0 bridgehead atoms. The number of halogens is 3. The van der Waals surface area contributed by atoms with Crippen molar-refractivity contribution in [3.8, 4) is 0 Å². The van der Waals surface area contributed by atoms with Crippen LogP contribution in [-0.2, 0) is 10.0 Å². The van der Waals surface area contributed by atoms with Gasteiger partial charge in [-0.15, -0.1) is 0 Å². The smallest absolute Gasteiger partial charge is 0.225 e. The second-order valence-electron chi connectivity index (χ2n) is 2.22. The summed E-state index contributed by atoms with van der Waals surface area (Å²) >= 11 is 8.33. The zero-order valence-corrected chi connectivity index (χ0v) is 9.25. The molecule has 72 valence electrons. The van der Waals surface area contributed by atoms with Gasteiger partial charge in [0.05, 0.1) is 5.02 Å². The molecule has 0 aliphatic rings. The molecule has 0 heterocycles. The summed E-state index contributed by atoms with van der Waals surface area (Å²) in [5, 5.41) is 4.32. The summed E-state index contributed by atoms with van der Waals surface area (Å²) in [6, 6.07) is 2.27. The summed E-state index contributed by atoms with van der Waals surface area (Å²) in [5.41, 5.74) is 0. The van der Waals surface area contributed by atoms with Gasteiger partial charge < -0.3 is 0 Å². The maximum absolute atomic E-state index is 12.8. The third-order valence-corrected chi connectivity index (χ3v) is 3.68. The van der Waals surface area contributed by atoms with Gasteiger partial charge in [0.1, 0.15) is 10.7 Å². The third-order valence-electron chi connectivity index (χ3n) is 1.29. The van der Waals surface area contributed by atoms with Crippen molar-refractivity contribution in [1.82, 2.24) is 0 Å². The van der Waals surface area contributed by atoms with Gasteiger partial charge in [0, 0.05) is 4.47 Å². The highest BCUT2D eigenvalue weighted by atomic mass is 79.9. The van der Waals surface area contributed by atoms with Gasteiger partial charge in [-0.3, -0.25) is 0 Å². The minimum atomic E-state index is -4.01. The van der Waals surface area contributed by atoms with Gasteiger partial charge in [0.15, 0.2) is 0 Å². The number of sulfonamides is 1. The van der Waals surface area contributed by atoms with Crippen molar-refractivity contribution in [1.29, 1.82) is 0 Å². The van der Waals surface area contributed by atoms with Crippen LogP contribution in [-0.4, -0.2) is 8.42 Å². The molecule has 0 spiro atoms. The van der Waals surface area contributed by atoms with Crippen molar-refractivity contribution in [3.63, 3.8) is 0 Å². The Hall–Kier alpha value is -0.170. The zero-order valence-electron chi connectivity index (χ0n) is 6.09. The van der Waals surface area contributed by atoms with Crippen molar-refractivity contribution in [2.75, 3.05) is 0 Å². The SMILES string of the molecule is NS(=O)(=O)c1c(Br)ccc(F)c1Cl. The number of primary sulfonamides is 1. The molecular formula is C6H4BrClFNO2S. The highest BCUT2D eigenvalue weighted by Gasteiger charge is 2.19. The molecule has 0 amide bonds. The van der Waals surface area contributed by atoms with Crippen molar-refractivity contribution in [2.45, 2.75) is 4.90 Å². The fourth-order valence-electron chi connectivity index (χ4n) is 0.769. The first-order valence-electron chi connectivity index (χ1n) is 3.00. The van der Waals surface area contributed by atoms with Crippen LogP contribution in [0.1, 0.15) is 0 Å². The fraction of sp³-hybridized carbons (Fsp3) is 0. The predicted molar refractivity (Wildman–Crippen MR) is 50.5 cm³/mol. The van der Waals surface area contributed by atoms with Crippen molar-refractivity contribution >= 4 is 37.6 Å². The molecule has 3 nitrogen and oxygen atoms in total. The van der Waals surface area contributed by atoms with E-state index in [0.717, 1.165) is 6.07 Å². The largest absolute Gasteiger partial charge is 0.240 e. The molecule has 0 aliphatic carbocycles. The van der Waals surface area contributed by atoms with E-state index in [4.69, 9.17) is 16.7 Å². The van der Waals surface area contributed by atoms with Gasteiger partial charge in [-0.25, -0.2) is 17.9 Å². The lowest BCUT2D eigenvalue weighted by Crippen LogP contribution is -2.14. The van der Waals surface area contributed by atoms with E-state index in [1.165, 1.54) is 6.07 Å². The maximum atomic E-state index is 12.8. The first-order chi connectivity index (χ1) is 5.84. The van der Waals surface area contributed by atoms with E-state index in [-0.39, 0.29) is 4.47 Å². The summed E-state index contributed by atoms with van der Waals surface area (Å²) in [7, 11) is -4.01. The summed E-state index contributed by atoms with van der Waals surface area (Å²) in [4.78, 5) is -0.436. The van der Waals surface area contributed by atoms with Crippen molar-refractivity contribution in [2.24, 2.45) is 5.14 Å². The number of rotatable bonds is 1. The van der Waals surface area contributed by atoms with E-state index in [1.54, 1.807) is 0 Å². The van der Waals surface area contributed by atoms with Crippen LogP contribution in [0.3, 0.4) is 0 Å². The molecule has 0 aliphatic heterocycles. The summed E-state index contributed by atoms with van der Waals surface area (Å²) in [6.45, 7) is 0.